The van der Waals surface area contributed by atoms with Crippen LogP contribution < -0.4 is 0 Å². The number of benzene rings is 2. The van der Waals surface area contributed by atoms with Gasteiger partial charge in [-0.25, -0.2) is 0 Å². The van der Waals surface area contributed by atoms with E-state index >= 15 is 0 Å². The molecule has 0 fully saturated rings. The van der Waals surface area contributed by atoms with Gasteiger partial charge in [0.1, 0.15) is 0 Å². The van der Waals surface area contributed by atoms with Crippen LogP contribution in [0, 0.1) is 5.92 Å². The highest BCUT2D eigenvalue weighted by Crippen LogP contribution is 2.23. The Hall–Kier alpha value is -0.250. The summed E-state index contributed by atoms with van der Waals surface area (Å²) in [4.78, 5) is 1.36. The molecule has 0 saturated carbocycles. The molecular weight excluding hydrogens is 396 g/mol. The summed E-state index contributed by atoms with van der Waals surface area (Å²) < 4.78 is 1.17. The highest BCUT2D eigenvalue weighted by Gasteiger charge is 2.09. The summed E-state index contributed by atoms with van der Waals surface area (Å²) in [5, 5.41) is 1.06. The van der Waals surface area contributed by atoms with E-state index in [4.69, 9.17) is 0 Å². The van der Waals surface area contributed by atoms with Crippen LogP contribution in [0.1, 0.15) is 12.0 Å². The molecule has 0 amide bonds. The smallest absolute Gasteiger partial charge is 0.0177 e. The number of rotatable bonds is 7. The third-order valence-electron chi connectivity index (χ3n) is 3.17. The standard InChI is InChI=1S/C17H18Br2S/c18-13-15(11-14-5-4-6-16(19)12-14)9-10-20-17-7-2-1-3-8-17/h1-8,12,15H,9-11,13H2. The SMILES string of the molecule is BrCC(CCSc1ccccc1)Cc1cccc(Br)c1. The number of hydrogen-bond donors (Lipinski definition) is 0. The molecule has 0 aliphatic rings. The number of hydrogen-bond acceptors (Lipinski definition) is 1. The van der Waals surface area contributed by atoms with Gasteiger partial charge in [-0.05, 0) is 54.3 Å². The molecule has 0 nitrogen and oxygen atoms in total. The topological polar surface area (TPSA) is 0 Å². The van der Waals surface area contributed by atoms with Gasteiger partial charge >= 0.3 is 0 Å². The van der Waals surface area contributed by atoms with E-state index in [0.717, 1.165) is 11.8 Å². The lowest BCUT2D eigenvalue weighted by atomic mass is 9.99. The van der Waals surface area contributed by atoms with Crippen LogP contribution >= 0.6 is 43.6 Å². The Morgan fingerprint density at radius 1 is 1.00 bits per heavy atom. The lowest BCUT2D eigenvalue weighted by molar-refractivity contribution is 0.578. The average molecular weight is 414 g/mol. The summed E-state index contributed by atoms with van der Waals surface area (Å²) in [5.41, 5.74) is 1.41. The van der Waals surface area contributed by atoms with Crippen molar-refractivity contribution < 1.29 is 0 Å². The largest absolute Gasteiger partial charge is 0.126 e. The normalized spacial score (nSPS) is 12.3. The summed E-state index contributed by atoms with van der Waals surface area (Å²) in [6.45, 7) is 0. The minimum atomic E-state index is 0.695. The van der Waals surface area contributed by atoms with Crippen molar-refractivity contribution in [2.45, 2.75) is 17.7 Å². The molecular formula is C17H18Br2S. The molecule has 0 N–H and O–H groups in total. The van der Waals surface area contributed by atoms with Crippen molar-refractivity contribution in [2.75, 3.05) is 11.1 Å². The fourth-order valence-electron chi connectivity index (χ4n) is 2.09. The minimum absolute atomic E-state index is 0.695. The highest BCUT2D eigenvalue weighted by atomic mass is 79.9. The molecule has 0 aliphatic heterocycles. The maximum Gasteiger partial charge on any atom is 0.0177 e. The first-order chi connectivity index (χ1) is 9.78. The zero-order chi connectivity index (χ0) is 14.2. The third-order valence-corrected chi connectivity index (χ3v) is 5.62. The molecule has 2 aromatic carbocycles. The second-order valence-corrected chi connectivity index (χ2v) is 7.54. The van der Waals surface area contributed by atoms with Gasteiger partial charge < -0.3 is 0 Å². The van der Waals surface area contributed by atoms with Crippen molar-refractivity contribution in [1.29, 1.82) is 0 Å². The summed E-state index contributed by atoms with van der Waals surface area (Å²) >= 11 is 9.15. The van der Waals surface area contributed by atoms with E-state index in [1.807, 2.05) is 11.8 Å². The van der Waals surface area contributed by atoms with E-state index < -0.39 is 0 Å². The predicted molar refractivity (Wildman–Crippen MR) is 96.9 cm³/mol. The number of halogens is 2. The lowest BCUT2D eigenvalue weighted by Crippen LogP contribution is -2.07. The van der Waals surface area contributed by atoms with E-state index in [1.165, 1.54) is 27.1 Å². The Balaban J connectivity index is 1.80. The molecule has 0 aromatic heterocycles. The maximum atomic E-state index is 3.66. The molecule has 2 rings (SSSR count). The van der Waals surface area contributed by atoms with Crippen LogP contribution in [0.4, 0.5) is 0 Å². The van der Waals surface area contributed by atoms with Crippen LogP contribution in [-0.2, 0) is 6.42 Å². The molecule has 20 heavy (non-hydrogen) atoms. The molecule has 0 bridgehead atoms. The number of thioether (sulfide) groups is 1. The van der Waals surface area contributed by atoms with Crippen LogP contribution in [0.2, 0.25) is 0 Å². The average Bonchev–Trinajstić information content (AvgIpc) is 2.47. The molecule has 2 aromatic rings. The molecule has 0 radical (unpaired) electrons. The van der Waals surface area contributed by atoms with Gasteiger partial charge in [-0.2, -0.15) is 0 Å². The Labute approximate surface area is 142 Å². The Bertz CT molecular complexity index is 513. The van der Waals surface area contributed by atoms with Crippen LogP contribution in [0.25, 0.3) is 0 Å². The van der Waals surface area contributed by atoms with Gasteiger partial charge in [0.05, 0.1) is 0 Å². The quantitative estimate of drug-likeness (QED) is 0.385. The zero-order valence-corrected chi connectivity index (χ0v) is 15.3. The molecule has 106 valence electrons. The van der Waals surface area contributed by atoms with Gasteiger partial charge in [0.25, 0.3) is 0 Å². The Morgan fingerprint density at radius 2 is 1.80 bits per heavy atom. The Kier molecular flexibility index (Phi) is 7.18. The first-order valence-corrected chi connectivity index (χ1v) is 9.66. The monoisotopic (exact) mass is 412 g/mol. The fourth-order valence-corrected chi connectivity index (χ4v) is 4.13. The van der Waals surface area contributed by atoms with Gasteiger partial charge in [-0.1, -0.05) is 62.2 Å². The van der Waals surface area contributed by atoms with Crippen molar-refractivity contribution in [3.63, 3.8) is 0 Å². The van der Waals surface area contributed by atoms with Crippen LogP contribution in [0.5, 0.6) is 0 Å². The second-order valence-electron chi connectivity index (χ2n) is 4.80. The van der Waals surface area contributed by atoms with Crippen molar-refractivity contribution in [2.24, 2.45) is 5.92 Å². The first-order valence-electron chi connectivity index (χ1n) is 6.76. The van der Waals surface area contributed by atoms with E-state index in [2.05, 4.69) is 86.5 Å². The van der Waals surface area contributed by atoms with E-state index in [9.17, 15) is 0 Å². The predicted octanol–water partition coefficient (Wildman–Crippen LogP) is 6.19. The highest BCUT2D eigenvalue weighted by molar-refractivity contribution is 9.10. The molecule has 1 unspecified atom stereocenters. The fraction of sp³-hybridized carbons (Fsp3) is 0.294. The molecule has 0 aliphatic carbocycles. The first kappa shape index (κ1) is 16.1. The van der Waals surface area contributed by atoms with Crippen molar-refractivity contribution in [3.8, 4) is 0 Å². The number of alkyl halides is 1. The molecule has 3 heteroatoms. The minimum Gasteiger partial charge on any atom is -0.126 e. The van der Waals surface area contributed by atoms with E-state index in [0.29, 0.717) is 5.92 Å². The van der Waals surface area contributed by atoms with Gasteiger partial charge in [-0.15, -0.1) is 11.8 Å². The van der Waals surface area contributed by atoms with Crippen molar-refractivity contribution in [3.05, 3.63) is 64.6 Å². The molecule has 0 spiro atoms. The van der Waals surface area contributed by atoms with Gasteiger partial charge in [0.2, 0.25) is 0 Å². The van der Waals surface area contributed by atoms with Crippen LogP contribution in [-0.4, -0.2) is 11.1 Å². The van der Waals surface area contributed by atoms with Gasteiger partial charge in [-0.3, -0.25) is 0 Å². The van der Waals surface area contributed by atoms with Crippen molar-refractivity contribution >= 4 is 43.6 Å². The van der Waals surface area contributed by atoms with Gasteiger partial charge in [0, 0.05) is 14.7 Å². The van der Waals surface area contributed by atoms with Crippen LogP contribution in [0.3, 0.4) is 0 Å². The van der Waals surface area contributed by atoms with E-state index in [1.54, 1.807) is 0 Å². The molecule has 1 atom stereocenters. The van der Waals surface area contributed by atoms with E-state index in [-0.39, 0.29) is 0 Å². The second kappa shape index (κ2) is 8.91. The van der Waals surface area contributed by atoms with Gasteiger partial charge in [0.15, 0.2) is 0 Å². The van der Waals surface area contributed by atoms with Crippen molar-refractivity contribution in [1.82, 2.24) is 0 Å². The summed E-state index contributed by atoms with van der Waals surface area (Å²) in [6, 6.07) is 19.3. The summed E-state index contributed by atoms with van der Waals surface area (Å²) in [5.74, 6) is 1.87. The van der Waals surface area contributed by atoms with Crippen LogP contribution in [0.15, 0.2) is 64.0 Å². The summed E-state index contributed by atoms with van der Waals surface area (Å²) in [7, 11) is 0. The maximum absolute atomic E-state index is 3.66. The molecule has 0 heterocycles. The zero-order valence-electron chi connectivity index (χ0n) is 11.3. The third kappa shape index (κ3) is 5.63. The molecule has 0 saturated heterocycles. The summed E-state index contributed by atoms with van der Waals surface area (Å²) in [6.07, 6.45) is 2.37. The Morgan fingerprint density at radius 3 is 2.50 bits per heavy atom. The lowest BCUT2D eigenvalue weighted by Gasteiger charge is -2.14.